The second-order valence-electron chi connectivity index (χ2n) is 8.86. The SMILES string of the molecule is CCc1cc(N(C)C)c2c(c1O)C(O)=C1C(=O)C(C(=O)CC(C)=O)C(CCO)CC1C2. The third kappa shape index (κ3) is 3.99. The van der Waals surface area contributed by atoms with Crippen molar-refractivity contribution in [2.45, 2.75) is 46.0 Å². The minimum Gasteiger partial charge on any atom is -0.507 e. The number of Topliss-reactive ketones (excluding diaryl/α,β-unsaturated/α-hetero) is 3. The van der Waals surface area contributed by atoms with E-state index in [4.69, 9.17) is 0 Å². The van der Waals surface area contributed by atoms with Crippen LogP contribution in [-0.2, 0) is 27.2 Å². The minimum absolute atomic E-state index is 0.0385. The predicted octanol–water partition coefficient (Wildman–Crippen LogP) is 2.60. The maximum absolute atomic E-state index is 13.4. The van der Waals surface area contributed by atoms with Crippen molar-refractivity contribution in [1.29, 1.82) is 0 Å². The Bertz CT molecular complexity index is 961. The van der Waals surface area contributed by atoms with Gasteiger partial charge in [-0.25, -0.2) is 0 Å². The number of aliphatic hydroxyl groups is 2. The summed E-state index contributed by atoms with van der Waals surface area (Å²) in [7, 11) is 3.78. The lowest BCUT2D eigenvalue weighted by Crippen LogP contribution is -2.43. The second-order valence-corrected chi connectivity index (χ2v) is 8.86. The molecule has 1 saturated carbocycles. The van der Waals surface area contributed by atoms with Crippen molar-refractivity contribution >= 4 is 28.8 Å². The summed E-state index contributed by atoms with van der Waals surface area (Å²) >= 11 is 0. The van der Waals surface area contributed by atoms with Crippen molar-refractivity contribution < 1.29 is 29.7 Å². The minimum atomic E-state index is -1.06. The number of benzene rings is 1. The molecule has 168 valence electrons. The summed E-state index contributed by atoms with van der Waals surface area (Å²) in [6, 6.07) is 1.90. The summed E-state index contributed by atoms with van der Waals surface area (Å²) < 4.78 is 0. The van der Waals surface area contributed by atoms with Crippen molar-refractivity contribution in [1.82, 2.24) is 0 Å². The van der Waals surface area contributed by atoms with Gasteiger partial charge in [0.25, 0.3) is 0 Å². The molecule has 0 amide bonds. The molecule has 2 aliphatic carbocycles. The smallest absolute Gasteiger partial charge is 0.173 e. The number of aliphatic hydroxyl groups excluding tert-OH is 2. The highest BCUT2D eigenvalue weighted by molar-refractivity contribution is 6.17. The Kier molecular flexibility index (Phi) is 6.55. The number of phenolic OH excluding ortho intramolecular Hbond substituents is 1. The standard InChI is InChI=1S/C24H31NO6/c1-5-13-11-17(25(3)4)16-10-15-9-14(6-7-26)19(18(28)8-12(2)27)23(30)20(15)24(31)21(16)22(13)29/h11,14-15,19,26,29,31H,5-10H2,1-4H3. The summed E-state index contributed by atoms with van der Waals surface area (Å²) in [6.45, 7) is 3.04. The highest BCUT2D eigenvalue weighted by Gasteiger charge is 2.47. The summed E-state index contributed by atoms with van der Waals surface area (Å²) in [6.07, 6.45) is 1.38. The number of fused-ring (bicyclic) bond motifs is 2. The number of carbonyl (C=O) groups excluding carboxylic acids is 3. The molecule has 3 rings (SSSR count). The third-order valence-corrected chi connectivity index (χ3v) is 6.55. The third-order valence-electron chi connectivity index (χ3n) is 6.55. The average molecular weight is 430 g/mol. The van der Waals surface area contributed by atoms with Crippen LogP contribution in [0.2, 0.25) is 0 Å². The van der Waals surface area contributed by atoms with Gasteiger partial charge in [-0.05, 0) is 61.6 Å². The Balaban J connectivity index is 2.18. The predicted molar refractivity (Wildman–Crippen MR) is 117 cm³/mol. The number of rotatable bonds is 7. The lowest BCUT2D eigenvalue weighted by atomic mass is 9.63. The van der Waals surface area contributed by atoms with Crippen LogP contribution in [0.5, 0.6) is 5.75 Å². The van der Waals surface area contributed by atoms with Crippen LogP contribution in [0.15, 0.2) is 11.6 Å². The molecule has 1 aromatic carbocycles. The van der Waals surface area contributed by atoms with E-state index in [9.17, 15) is 29.7 Å². The molecular formula is C24H31NO6. The van der Waals surface area contributed by atoms with Gasteiger partial charge < -0.3 is 20.2 Å². The number of carbonyl (C=O) groups is 3. The maximum Gasteiger partial charge on any atom is 0.173 e. The largest absolute Gasteiger partial charge is 0.507 e. The second kappa shape index (κ2) is 8.83. The van der Waals surface area contributed by atoms with E-state index < -0.39 is 23.4 Å². The summed E-state index contributed by atoms with van der Waals surface area (Å²) in [4.78, 5) is 39.6. The van der Waals surface area contributed by atoms with Crippen molar-refractivity contribution in [3.63, 3.8) is 0 Å². The number of phenols is 1. The number of allylic oxidation sites excluding steroid dienone is 1. The van der Waals surface area contributed by atoms with Gasteiger partial charge in [0.05, 0.1) is 17.9 Å². The van der Waals surface area contributed by atoms with Gasteiger partial charge in [0.1, 0.15) is 17.3 Å². The van der Waals surface area contributed by atoms with E-state index in [2.05, 4.69) is 0 Å². The molecule has 1 fully saturated rings. The fraction of sp³-hybridized carbons (Fsp3) is 0.542. The zero-order valence-corrected chi connectivity index (χ0v) is 18.6. The normalized spacial score (nSPS) is 22.7. The molecule has 0 aliphatic heterocycles. The van der Waals surface area contributed by atoms with Gasteiger partial charge in [0.2, 0.25) is 0 Å². The molecule has 0 spiro atoms. The van der Waals surface area contributed by atoms with E-state index in [1.807, 2.05) is 32.0 Å². The number of aromatic hydroxyl groups is 1. The number of ketones is 3. The monoisotopic (exact) mass is 429 g/mol. The van der Waals surface area contributed by atoms with Crippen LogP contribution in [0.1, 0.15) is 49.8 Å². The first-order chi connectivity index (χ1) is 14.6. The van der Waals surface area contributed by atoms with E-state index in [1.165, 1.54) is 6.92 Å². The molecule has 0 radical (unpaired) electrons. The zero-order valence-electron chi connectivity index (χ0n) is 18.6. The van der Waals surface area contributed by atoms with Gasteiger partial charge in [-0.1, -0.05) is 6.92 Å². The van der Waals surface area contributed by atoms with E-state index in [1.54, 1.807) is 0 Å². The number of hydrogen-bond donors (Lipinski definition) is 3. The van der Waals surface area contributed by atoms with E-state index in [-0.39, 0.29) is 53.8 Å². The first-order valence-electron chi connectivity index (χ1n) is 10.8. The van der Waals surface area contributed by atoms with Crippen molar-refractivity contribution in [2.75, 3.05) is 25.6 Å². The van der Waals surface area contributed by atoms with Crippen molar-refractivity contribution in [3.8, 4) is 5.75 Å². The highest BCUT2D eigenvalue weighted by atomic mass is 16.3. The maximum atomic E-state index is 13.4. The van der Waals surface area contributed by atoms with Crippen molar-refractivity contribution in [3.05, 3.63) is 28.3 Å². The van der Waals surface area contributed by atoms with Crippen LogP contribution in [0.25, 0.3) is 5.76 Å². The van der Waals surface area contributed by atoms with E-state index in [0.717, 1.165) is 11.3 Å². The lowest BCUT2D eigenvalue weighted by Gasteiger charge is -2.40. The Morgan fingerprint density at radius 2 is 1.90 bits per heavy atom. The molecule has 0 bridgehead atoms. The van der Waals surface area contributed by atoms with Gasteiger partial charge in [0.15, 0.2) is 11.6 Å². The lowest BCUT2D eigenvalue weighted by molar-refractivity contribution is -0.137. The Labute approximate surface area is 182 Å². The molecule has 7 heteroatoms. The fourth-order valence-electron chi connectivity index (χ4n) is 5.18. The van der Waals surface area contributed by atoms with Crippen molar-refractivity contribution in [2.24, 2.45) is 17.8 Å². The average Bonchev–Trinajstić information content (AvgIpc) is 2.67. The van der Waals surface area contributed by atoms with Crippen LogP contribution in [0.3, 0.4) is 0 Å². The highest BCUT2D eigenvalue weighted by Crippen LogP contribution is 2.50. The molecular weight excluding hydrogens is 398 g/mol. The zero-order chi connectivity index (χ0) is 23.0. The van der Waals surface area contributed by atoms with Gasteiger partial charge >= 0.3 is 0 Å². The molecule has 3 atom stereocenters. The first-order valence-corrected chi connectivity index (χ1v) is 10.8. The van der Waals surface area contributed by atoms with E-state index >= 15 is 0 Å². The van der Waals surface area contributed by atoms with Gasteiger partial charge in [-0.15, -0.1) is 0 Å². The quantitative estimate of drug-likeness (QED) is 0.571. The topological polar surface area (TPSA) is 115 Å². The Morgan fingerprint density at radius 1 is 1.23 bits per heavy atom. The van der Waals surface area contributed by atoms with Crippen LogP contribution >= 0.6 is 0 Å². The molecule has 1 aromatic rings. The molecule has 3 unspecified atom stereocenters. The molecule has 0 saturated heterocycles. The molecule has 31 heavy (non-hydrogen) atoms. The Hall–Kier alpha value is -2.67. The molecule has 2 aliphatic rings. The number of aryl methyl sites for hydroxylation is 1. The fourth-order valence-corrected chi connectivity index (χ4v) is 5.18. The molecule has 7 nitrogen and oxygen atoms in total. The molecule has 3 N–H and O–H groups in total. The first kappa shape index (κ1) is 23.0. The van der Waals surface area contributed by atoms with Crippen LogP contribution in [-0.4, -0.2) is 53.4 Å². The number of nitrogens with zero attached hydrogens (tertiary/aromatic N) is 1. The van der Waals surface area contributed by atoms with Crippen LogP contribution in [0, 0.1) is 17.8 Å². The van der Waals surface area contributed by atoms with Gasteiger partial charge in [-0.3, -0.25) is 14.4 Å². The summed E-state index contributed by atoms with van der Waals surface area (Å²) in [5.74, 6) is -3.36. The van der Waals surface area contributed by atoms with Gasteiger partial charge in [0, 0.05) is 32.0 Å². The number of hydrogen-bond acceptors (Lipinski definition) is 7. The molecule has 0 aromatic heterocycles. The van der Waals surface area contributed by atoms with Crippen LogP contribution < -0.4 is 4.90 Å². The summed E-state index contributed by atoms with van der Waals surface area (Å²) in [5, 5.41) is 31.5. The molecule has 0 heterocycles. The van der Waals surface area contributed by atoms with Crippen LogP contribution in [0.4, 0.5) is 5.69 Å². The van der Waals surface area contributed by atoms with E-state index in [0.29, 0.717) is 24.8 Å². The van der Waals surface area contributed by atoms with Gasteiger partial charge in [-0.2, -0.15) is 0 Å². The summed E-state index contributed by atoms with van der Waals surface area (Å²) in [5.41, 5.74) is 2.74. The number of anilines is 1. The Morgan fingerprint density at radius 3 is 2.45 bits per heavy atom.